The summed E-state index contributed by atoms with van der Waals surface area (Å²) in [5, 5.41) is 3.49. The molecule has 0 aromatic carbocycles. The maximum atomic E-state index is 6.17. The van der Waals surface area contributed by atoms with Crippen molar-refractivity contribution in [3.05, 3.63) is 0 Å². The summed E-state index contributed by atoms with van der Waals surface area (Å²) < 4.78 is 17.5. The van der Waals surface area contributed by atoms with Crippen LogP contribution < -0.4 is 5.32 Å². The summed E-state index contributed by atoms with van der Waals surface area (Å²) in [5.74, 6) is 1.05. The van der Waals surface area contributed by atoms with E-state index in [4.69, 9.17) is 19.2 Å². The standard InChI is InChI=1S/C22H42N4O3.HI/c1-4-23-22(24-15-18(2)26-12-14-27-16-19(26)3)25-10-8-20(9-11-25)29-17-21-7-5-6-13-28-21;/h18-21H,4-17H2,1-3H3,(H,23,24);1H. The number of aliphatic imine (C=N–C) groups is 1. The van der Waals surface area contributed by atoms with Crippen molar-refractivity contribution < 1.29 is 14.2 Å². The van der Waals surface area contributed by atoms with Gasteiger partial charge in [-0.3, -0.25) is 9.89 Å². The van der Waals surface area contributed by atoms with Gasteiger partial charge in [0.05, 0.1) is 38.6 Å². The molecule has 176 valence electrons. The summed E-state index contributed by atoms with van der Waals surface area (Å²) in [5.41, 5.74) is 0. The highest BCUT2D eigenvalue weighted by atomic mass is 127. The van der Waals surface area contributed by atoms with E-state index in [1.54, 1.807) is 0 Å². The van der Waals surface area contributed by atoms with Crippen LogP contribution in [0.2, 0.25) is 0 Å². The lowest BCUT2D eigenvalue weighted by Crippen LogP contribution is -2.50. The topological polar surface area (TPSA) is 58.6 Å². The fraction of sp³-hybridized carbons (Fsp3) is 0.955. The summed E-state index contributed by atoms with van der Waals surface area (Å²) >= 11 is 0. The Labute approximate surface area is 200 Å². The fourth-order valence-electron chi connectivity index (χ4n) is 4.56. The molecular formula is C22H43IN4O3. The van der Waals surface area contributed by atoms with Gasteiger partial charge in [-0.05, 0) is 52.9 Å². The van der Waals surface area contributed by atoms with E-state index >= 15 is 0 Å². The van der Waals surface area contributed by atoms with Crippen LogP contribution in [0.5, 0.6) is 0 Å². The monoisotopic (exact) mass is 538 g/mol. The molecule has 0 aromatic rings. The molecular weight excluding hydrogens is 495 g/mol. The van der Waals surface area contributed by atoms with Gasteiger partial charge in [-0.25, -0.2) is 0 Å². The molecule has 3 unspecified atom stereocenters. The summed E-state index contributed by atoms with van der Waals surface area (Å²) in [6.07, 6.45) is 6.41. The van der Waals surface area contributed by atoms with Gasteiger partial charge in [-0.1, -0.05) is 0 Å². The normalized spacial score (nSPS) is 28.1. The van der Waals surface area contributed by atoms with Gasteiger partial charge < -0.3 is 24.4 Å². The number of nitrogens with zero attached hydrogens (tertiary/aromatic N) is 3. The molecule has 0 aromatic heterocycles. The van der Waals surface area contributed by atoms with Crippen molar-refractivity contribution in [2.24, 2.45) is 4.99 Å². The van der Waals surface area contributed by atoms with Crippen LogP contribution in [0.4, 0.5) is 0 Å². The third-order valence-corrected chi connectivity index (χ3v) is 6.36. The van der Waals surface area contributed by atoms with Gasteiger partial charge in [0.25, 0.3) is 0 Å². The first-order valence-electron chi connectivity index (χ1n) is 11.8. The lowest BCUT2D eigenvalue weighted by molar-refractivity contribution is -0.0721. The molecule has 3 fully saturated rings. The Morgan fingerprint density at radius 1 is 1.17 bits per heavy atom. The van der Waals surface area contributed by atoms with Crippen LogP contribution in [0, 0.1) is 0 Å². The molecule has 3 aliphatic heterocycles. The van der Waals surface area contributed by atoms with Crippen molar-refractivity contribution in [1.82, 2.24) is 15.1 Å². The van der Waals surface area contributed by atoms with Gasteiger partial charge in [-0.2, -0.15) is 0 Å². The molecule has 0 bridgehead atoms. The first-order valence-corrected chi connectivity index (χ1v) is 11.8. The van der Waals surface area contributed by atoms with Gasteiger partial charge in [-0.15, -0.1) is 24.0 Å². The molecule has 3 aliphatic rings. The highest BCUT2D eigenvalue weighted by Crippen LogP contribution is 2.18. The zero-order valence-electron chi connectivity index (χ0n) is 19.2. The minimum atomic E-state index is 0. The molecule has 0 saturated carbocycles. The van der Waals surface area contributed by atoms with Gasteiger partial charge in [0.1, 0.15) is 0 Å². The third kappa shape index (κ3) is 8.07. The van der Waals surface area contributed by atoms with E-state index in [1.807, 2.05) is 0 Å². The molecule has 0 spiro atoms. The van der Waals surface area contributed by atoms with E-state index in [9.17, 15) is 0 Å². The zero-order chi connectivity index (χ0) is 20.5. The smallest absolute Gasteiger partial charge is 0.193 e. The van der Waals surface area contributed by atoms with Crippen molar-refractivity contribution in [2.45, 2.75) is 77.2 Å². The second-order valence-electron chi connectivity index (χ2n) is 8.71. The van der Waals surface area contributed by atoms with Crippen molar-refractivity contribution >= 4 is 29.9 Å². The largest absolute Gasteiger partial charge is 0.379 e. The first kappa shape index (κ1) is 26.1. The summed E-state index contributed by atoms with van der Waals surface area (Å²) in [7, 11) is 0. The number of likely N-dealkylation sites (tertiary alicyclic amines) is 1. The Balaban J connectivity index is 0.00000320. The molecule has 30 heavy (non-hydrogen) atoms. The number of rotatable bonds is 7. The zero-order valence-corrected chi connectivity index (χ0v) is 21.5. The number of ether oxygens (including phenoxy) is 3. The van der Waals surface area contributed by atoms with E-state index in [1.165, 1.54) is 12.8 Å². The Bertz CT molecular complexity index is 497. The number of halogens is 1. The first-order chi connectivity index (χ1) is 14.2. The molecule has 7 nitrogen and oxygen atoms in total. The molecule has 3 rings (SSSR count). The second-order valence-corrected chi connectivity index (χ2v) is 8.71. The van der Waals surface area contributed by atoms with E-state index in [0.717, 1.165) is 84.4 Å². The number of hydrogen-bond donors (Lipinski definition) is 1. The highest BCUT2D eigenvalue weighted by molar-refractivity contribution is 14.0. The van der Waals surface area contributed by atoms with Crippen molar-refractivity contribution in [1.29, 1.82) is 0 Å². The Hall–Kier alpha value is -0.160. The lowest BCUT2D eigenvalue weighted by Gasteiger charge is -2.38. The highest BCUT2D eigenvalue weighted by Gasteiger charge is 2.26. The van der Waals surface area contributed by atoms with E-state index in [2.05, 4.69) is 35.9 Å². The Kier molecular flexibility index (Phi) is 12.2. The van der Waals surface area contributed by atoms with Crippen molar-refractivity contribution in [2.75, 3.05) is 59.2 Å². The molecule has 3 saturated heterocycles. The van der Waals surface area contributed by atoms with Crippen LogP contribution in [0.3, 0.4) is 0 Å². The van der Waals surface area contributed by atoms with Crippen LogP contribution in [0.1, 0.15) is 52.9 Å². The van der Waals surface area contributed by atoms with Crippen LogP contribution in [0.25, 0.3) is 0 Å². The van der Waals surface area contributed by atoms with E-state index in [-0.39, 0.29) is 24.0 Å². The van der Waals surface area contributed by atoms with Crippen LogP contribution in [-0.4, -0.2) is 99.2 Å². The average molecular weight is 539 g/mol. The van der Waals surface area contributed by atoms with Crippen LogP contribution in [0.15, 0.2) is 4.99 Å². The average Bonchev–Trinajstić information content (AvgIpc) is 2.76. The van der Waals surface area contributed by atoms with Crippen molar-refractivity contribution in [3.8, 4) is 0 Å². The maximum Gasteiger partial charge on any atom is 0.193 e. The van der Waals surface area contributed by atoms with Crippen LogP contribution in [-0.2, 0) is 14.2 Å². The third-order valence-electron chi connectivity index (χ3n) is 6.36. The van der Waals surface area contributed by atoms with Gasteiger partial charge in [0.2, 0.25) is 0 Å². The van der Waals surface area contributed by atoms with Gasteiger partial charge in [0, 0.05) is 44.9 Å². The fourth-order valence-corrected chi connectivity index (χ4v) is 4.56. The Morgan fingerprint density at radius 2 is 1.97 bits per heavy atom. The summed E-state index contributed by atoms with van der Waals surface area (Å²) in [4.78, 5) is 9.90. The molecule has 1 N–H and O–H groups in total. The molecule has 0 amide bonds. The number of piperidine rings is 1. The van der Waals surface area contributed by atoms with E-state index < -0.39 is 0 Å². The number of guanidine groups is 1. The SMILES string of the molecule is CCNC(=NCC(C)N1CCOCC1C)N1CCC(OCC2CCCCO2)CC1.I. The minimum absolute atomic E-state index is 0. The van der Waals surface area contributed by atoms with E-state index in [0.29, 0.717) is 24.3 Å². The predicted octanol–water partition coefficient (Wildman–Crippen LogP) is 2.73. The number of hydrogen-bond acceptors (Lipinski definition) is 5. The Morgan fingerprint density at radius 3 is 2.63 bits per heavy atom. The van der Waals surface area contributed by atoms with Gasteiger partial charge in [0.15, 0.2) is 5.96 Å². The molecule has 3 atom stereocenters. The number of nitrogens with one attached hydrogen (secondary N) is 1. The molecule has 0 radical (unpaired) electrons. The lowest BCUT2D eigenvalue weighted by atomic mass is 10.1. The minimum Gasteiger partial charge on any atom is -0.379 e. The summed E-state index contributed by atoms with van der Waals surface area (Å²) in [6, 6.07) is 0.900. The quantitative estimate of drug-likeness (QED) is 0.306. The van der Waals surface area contributed by atoms with Gasteiger partial charge >= 0.3 is 0 Å². The molecule has 8 heteroatoms. The predicted molar refractivity (Wildman–Crippen MR) is 132 cm³/mol. The molecule has 0 aliphatic carbocycles. The second kappa shape index (κ2) is 14.1. The maximum absolute atomic E-state index is 6.17. The summed E-state index contributed by atoms with van der Waals surface area (Å²) in [6.45, 7) is 14.7. The van der Waals surface area contributed by atoms with Crippen molar-refractivity contribution in [3.63, 3.8) is 0 Å². The molecule has 3 heterocycles. The van der Waals surface area contributed by atoms with Crippen LogP contribution >= 0.6 is 24.0 Å². The number of morpholine rings is 1.